The average molecular weight is 314 g/mol. The van der Waals surface area contributed by atoms with E-state index in [4.69, 9.17) is 4.74 Å². The van der Waals surface area contributed by atoms with Crippen LogP contribution in [0, 0.1) is 0 Å². The van der Waals surface area contributed by atoms with Crippen molar-refractivity contribution in [1.29, 1.82) is 0 Å². The zero-order chi connectivity index (χ0) is 15.3. The molecule has 2 heterocycles. The van der Waals surface area contributed by atoms with Crippen molar-refractivity contribution in [3.8, 4) is 5.75 Å². The molecule has 0 aliphatic carbocycles. The number of methoxy groups -OCH3 is 1. The molecule has 1 aliphatic rings. The molecule has 1 fully saturated rings. The Morgan fingerprint density at radius 3 is 2.81 bits per heavy atom. The smallest absolute Gasteiger partial charge is 0.204 e. The second kappa shape index (κ2) is 6.93. The fourth-order valence-electron chi connectivity index (χ4n) is 2.37. The van der Waals surface area contributed by atoms with Crippen molar-refractivity contribution in [1.82, 2.24) is 9.97 Å². The summed E-state index contributed by atoms with van der Waals surface area (Å²) in [5.41, 5.74) is 0. The van der Waals surface area contributed by atoms with E-state index in [1.165, 1.54) is 6.33 Å². The van der Waals surface area contributed by atoms with Gasteiger partial charge in [0.2, 0.25) is 5.75 Å². The van der Waals surface area contributed by atoms with Gasteiger partial charge in [-0.05, 0) is 19.3 Å². The fraction of sp³-hybridized carbons (Fsp3) is 0.692. The third-order valence-electron chi connectivity index (χ3n) is 3.35. The summed E-state index contributed by atoms with van der Waals surface area (Å²) in [5, 5.41) is 6.35. The van der Waals surface area contributed by atoms with Crippen molar-refractivity contribution in [2.45, 2.75) is 32.2 Å². The van der Waals surface area contributed by atoms with Crippen molar-refractivity contribution in [2.75, 3.05) is 35.8 Å². The standard InChI is InChI=1S/C13H22N4O3S/c1-3-6-14-12-11(20-2)13(16-9-15-12)17-10-5-4-7-21(18,19)8-10/h9-10H,3-8H2,1-2H3,(H2,14,15,16,17). The number of anilines is 2. The van der Waals surface area contributed by atoms with E-state index in [1.807, 2.05) is 0 Å². The molecule has 0 aromatic carbocycles. The van der Waals surface area contributed by atoms with Crippen molar-refractivity contribution >= 4 is 21.5 Å². The third-order valence-corrected chi connectivity index (χ3v) is 5.18. The minimum Gasteiger partial charge on any atom is -0.490 e. The second-order valence-corrected chi connectivity index (χ2v) is 7.36. The number of aromatic nitrogens is 2. The molecule has 118 valence electrons. The first-order valence-corrected chi connectivity index (χ1v) is 8.97. The van der Waals surface area contributed by atoms with E-state index in [2.05, 4.69) is 27.5 Å². The highest BCUT2D eigenvalue weighted by molar-refractivity contribution is 7.91. The maximum Gasteiger partial charge on any atom is 0.204 e. The quantitative estimate of drug-likeness (QED) is 0.817. The Hall–Kier alpha value is -1.57. The number of hydrogen-bond acceptors (Lipinski definition) is 7. The van der Waals surface area contributed by atoms with Crippen LogP contribution in [0.4, 0.5) is 11.6 Å². The van der Waals surface area contributed by atoms with Gasteiger partial charge in [-0.15, -0.1) is 0 Å². The number of rotatable bonds is 6. The Labute approximate surface area is 125 Å². The van der Waals surface area contributed by atoms with Gasteiger partial charge in [0.05, 0.1) is 18.6 Å². The van der Waals surface area contributed by atoms with E-state index in [9.17, 15) is 8.42 Å². The molecule has 2 N–H and O–H groups in total. The van der Waals surface area contributed by atoms with E-state index >= 15 is 0 Å². The zero-order valence-electron chi connectivity index (χ0n) is 12.4. The number of sulfone groups is 1. The van der Waals surface area contributed by atoms with Gasteiger partial charge in [-0.2, -0.15) is 0 Å². The molecule has 0 bridgehead atoms. The molecule has 0 spiro atoms. The molecule has 1 atom stereocenters. The van der Waals surface area contributed by atoms with Crippen LogP contribution >= 0.6 is 0 Å². The predicted molar refractivity (Wildman–Crippen MR) is 82.7 cm³/mol. The molecule has 2 rings (SSSR count). The molecule has 0 radical (unpaired) electrons. The Bertz CT molecular complexity index is 577. The Morgan fingerprint density at radius 1 is 1.38 bits per heavy atom. The molecule has 1 aromatic heterocycles. The van der Waals surface area contributed by atoms with Gasteiger partial charge in [0.25, 0.3) is 0 Å². The van der Waals surface area contributed by atoms with E-state index in [1.54, 1.807) is 7.11 Å². The van der Waals surface area contributed by atoms with Crippen LogP contribution in [0.3, 0.4) is 0 Å². The van der Waals surface area contributed by atoms with Crippen LogP contribution in [0.15, 0.2) is 6.33 Å². The maximum atomic E-state index is 11.7. The molecular formula is C13H22N4O3S. The Kier molecular flexibility index (Phi) is 5.22. The topological polar surface area (TPSA) is 93.2 Å². The van der Waals surface area contributed by atoms with Crippen molar-refractivity contribution in [3.63, 3.8) is 0 Å². The highest BCUT2D eigenvalue weighted by Gasteiger charge is 2.26. The lowest BCUT2D eigenvalue weighted by atomic mass is 10.2. The molecular weight excluding hydrogens is 292 g/mol. The first-order valence-electron chi connectivity index (χ1n) is 7.15. The first kappa shape index (κ1) is 15.8. The van der Waals surface area contributed by atoms with E-state index < -0.39 is 9.84 Å². The summed E-state index contributed by atoms with van der Waals surface area (Å²) in [6, 6.07) is -0.133. The highest BCUT2D eigenvalue weighted by atomic mass is 32.2. The predicted octanol–water partition coefficient (Wildman–Crippen LogP) is 1.30. The van der Waals surface area contributed by atoms with E-state index in [0.29, 0.717) is 23.8 Å². The van der Waals surface area contributed by atoms with Gasteiger partial charge in [-0.3, -0.25) is 0 Å². The van der Waals surface area contributed by atoms with Crippen LogP contribution in [0.2, 0.25) is 0 Å². The number of ether oxygens (including phenoxy) is 1. The summed E-state index contributed by atoms with van der Waals surface area (Å²) in [6.45, 7) is 2.84. The number of nitrogens with zero attached hydrogens (tertiary/aromatic N) is 2. The maximum absolute atomic E-state index is 11.7. The largest absolute Gasteiger partial charge is 0.490 e. The average Bonchev–Trinajstić information content (AvgIpc) is 2.44. The van der Waals surface area contributed by atoms with Gasteiger partial charge in [0.15, 0.2) is 21.5 Å². The van der Waals surface area contributed by atoms with Crippen LogP contribution in [0.5, 0.6) is 5.75 Å². The number of nitrogens with one attached hydrogen (secondary N) is 2. The lowest BCUT2D eigenvalue weighted by molar-refractivity contribution is 0.413. The van der Waals surface area contributed by atoms with Gasteiger partial charge in [-0.1, -0.05) is 6.92 Å². The lowest BCUT2D eigenvalue weighted by Gasteiger charge is -2.24. The molecule has 1 aliphatic heterocycles. The summed E-state index contributed by atoms with van der Waals surface area (Å²) < 4.78 is 28.8. The molecule has 7 nitrogen and oxygen atoms in total. The van der Waals surface area contributed by atoms with Gasteiger partial charge in [0.1, 0.15) is 6.33 Å². The van der Waals surface area contributed by atoms with E-state index in [0.717, 1.165) is 19.4 Å². The van der Waals surface area contributed by atoms with Gasteiger partial charge >= 0.3 is 0 Å². The van der Waals surface area contributed by atoms with Gasteiger partial charge in [0, 0.05) is 12.6 Å². The van der Waals surface area contributed by atoms with Crippen molar-refractivity contribution in [2.24, 2.45) is 0 Å². The first-order chi connectivity index (χ1) is 10.1. The van der Waals surface area contributed by atoms with Crippen molar-refractivity contribution in [3.05, 3.63) is 6.33 Å². The van der Waals surface area contributed by atoms with Crippen LogP contribution in [0.1, 0.15) is 26.2 Å². The summed E-state index contributed by atoms with van der Waals surface area (Å²) in [5.74, 6) is 2.09. The van der Waals surface area contributed by atoms with Crippen molar-refractivity contribution < 1.29 is 13.2 Å². The molecule has 1 unspecified atom stereocenters. The Morgan fingerprint density at radius 2 is 2.14 bits per heavy atom. The summed E-state index contributed by atoms with van der Waals surface area (Å²) in [6.07, 6.45) is 3.90. The van der Waals surface area contributed by atoms with Gasteiger partial charge < -0.3 is 15.4 Å². The lowest BCUT2D eigenvalue weighted by Crippen LogP contribution is -2.35. The molecule has 1 saturated heterocycles. The van der Waals surface area contributed by atoms with Crippen LogP contribution in [-0.4, -0.2) is 49.6 Å². The summed E-state index contributed by atoms with van der Waals surface area (Å²) in [7, 11) is -1.40. The Balaban J connectivity index is 2.15. The minimum absolute atomic E-state index is 0.133. The summed E-state index contributed by atoms with van der Waals surface area (Å²) >= 11 is 0. The van der Waals surface area contributed by atoms with Crippen LogP contribution < -0.4 is 15.4 Å². The number of hydrogen-bond donors (Lipinski definition) is 2. The zero-order valence-corrected chi connectivity index (χ0v) is 13.2. The molecule has 0 amide bonds. The molecule has 1 aromatic rings. The monoisotopic (exact) mass is 314 g/mol. The molecule has 0 saturated carbocycles. The molecule has 21 heavy (non-hydrogen) atoms. The fourth-order valence-corrected chi connectivity index (χ4v) is 4.01. The van der Waals surface area contributed by atoms with Crippen LogP contribution in [0.25, 0.3) is 0 Å². The van der Waals surface area contributed by atoms with Gasteiger partial charge in [-0.25, -0.2) is 18.4 Å². The summed E-state index contributed by atoms with van der Waals surface area (Å²) in [4.78, 5) is 8.34. The normalized spacial score (nSPS) is 20.8. The minimum atomic E-state index is -2.96. The second-order valence-electron chi connectivity index (χ2n) is 5.13. The van der Waals surface area contributed by atoms with E-state index in [-0.39, 0.29) is 17.5 Å². The molecule has 8 heteroatoms. The highest BCUT2D eigenvalue weighted by Crippen LogP contribution is 2.30. The third kappa shape index (κ3) is 4.20. The SMILES string of the molecule is CCCNc1ncnc(NC2CCCS(=O)(=O)C2)c1OC. The van der Waals surface area contributed by atoms with Crippen LogP contribution in [-0.2, 0) is 9.84 Å².